The predicted octanol–water partition coefficient (Wildman–Crippen LogP) is 5.43. The molecule has 0 saturated carbocycles. The molecule has 24 heavy (non-hydrogen) atoms. The highest BCUT2D eigenvalue weighted by Gasteiger charge is 2.16. The summed E-state index contributed by atoms with van der Waals surface area (Å²) in [6, 6.07) is 23.1. The van der Waals surface area contributed by atoms with Gasteiger partial charge in [0.05, 0.1) is 5.36 Å². The standard InChI is InChI=1S/C22H19NO/c1-3-23-17-10-12-19-21(14-17)24-20-13-15(2)9-11-18(20)22(19)16-7-5-4-6-8-16/h4-14H,3H2,1-2H3. The molecule has 0 fully saturated rings. The van der Waals surface area contributed by atoms with Gasteiger partial charge in [0.2, 0.25) is 0 Å². The molecule has 2 aromatic carbocycles. The van der Waals surface area contributed by atoms with Crippen molar-refractivity contribution in [3.63, 3.8) is 0 Å². The Kier molecular flexibility index (Phi) is 3.66. The van der Waals surface area contributed by atoms with E-state index >= 15 is 0 Å². The smallest absolute Gasteiger partial charge is 0.137 e. The minimum atomic E-state index is 0.768. The molecule has 0 N–H and O–H groups in total. The molecule has 4 rings (SSSR count). The summed E-state index contributed by atoms with van der Waals surface area (Å²) in [6.45, 7) is 4.90. The van der Waals surface area contributed by atoms with Crippen LogP contribution in [0.3, 0.4) is 0 Å². The third-order valence-electron chi connectivity index (χ3n) is 4.26. The van der Waals surface area contributed by atoms with Gasteiger partial charge >= 0.3 is 0 Å². The Labute approximate surface area is 141 Å². The van der Waals surface area contributed by atoms with Crippen molar-refractivity contribution in [1.82, 2.24) is 0 Å². The summed E-state index contributed by atoms with van der Waals surface area (Å²) in [5.41, 5.74) is 5.64. The highest BCUT2D eigenvalue weighted by atomic mass is 16.3. The molecule has 0 saturated heterocycles. The van der Waals surface area contributed by atoms with E-state index in [0.29, 0.717) is 0 Å². The van der Waals surface area contributed by atoms with Crippen LogP contribution in [0.15, 0.2) is 76.1 Å². The second kappa shape index (κ2) is 5.97. The van der Waals surface area contributed by atoms with Crippen molar-refractivity contribution < 1.29 is 4.42 Å². The van der Waals surface area contributed by atoms with Gasteiger partial charge in [-0.25, -0.2) is 0 Å². The first-order valence-electron chi connectivity index (χ1n) is 8.29. The van der Waals surface area contributed by atoms with Crippen molar-refractivity contribution in [2.24, 2.45) is 4.99 Å². The Morgan fingerprint density at radius 1 is 0.917 bits per heavy atom. The lowest BCUT2D eigenvalue weighted by atomic mass is 9.93. The molecule has 0 bridgehead atoms. The molecule has 0 amide bonds. The van der Waals surface area contributed by atoms with Crippen LogP contribution in [0.5, 0.6) is 0 Å². The first-order valence-corrected chi connectivity index (χ1v) is 8.29. The predicted molar refractivity (Wildman–Crippen MR) is 99.1 cm³/mol. The van der Waals surface area contributed by atoms with Gasteiger partial charge in [-0.15, -0.1) is 0 Å². The third-order valence-corrected chi connectivity index (χ3v) is 4.26. The monoisotopic (exact) mass is 313 g/mol. The minimum absolute atomic E-state index is 0.768. The number of benzene rings is 3. The molecule has 0 radical (unpaired) electrons. The summed E-state index contributed by atoms with van der Waals surface area (Å²) in [5, 5.41) is 2.10. The normalized spacial score (nSPS) is 12.2. The van der Waals surface area contributed by atoms with E-state index in [4.69, 9.17) is 4.42 Å². The Bertz CT molecular complexity index is 1040. The average Bonchev–Trinajstić information content (AvgIpc) is 2.60. The molecule has 0 spiro atoms. The molecule has 0 atom stereocenters. The molecule has 1 aliphatic heterocycles. The molecule has 0 unspecified atom stereocenters. The second-order valence-electron chi connectivity index (χ2n) is 6.00. The SMILES string of the molecule is CCN=c1ccc2c(-c3ccccc3)c3ccc(C)cc3oc-2c1. The largest absolute Gasteiger partial charge is 0.456 e. The van der Waals surface area contributed by atoms with Gasteiger partial charge in [0.25, 0.3) is 0 Å². The summed E-state index contributed by atoms with van der Waals surface area (Å²) in [7, 11) is 0. The summed E-state index contributed by atoms with van der Waals surface area (Å²) in [4.78, 5) is 4.50. The molecule has 2 nitrogen and oxygen atoms in total. The molecular formula is C22H19NO. The Morgan fingerprint density at radius 3 is 2.54 bits per heavy atom. The van der Waals surface area contributed by atoms with E-state index in [1.807, 2.05) is 19.1 Å². The highest BCUT2D eigenvalue weighted by Crippen LogP contribution is 2.39. The molecular weight excluding hydrogens is 294 g/mol. The third kappa shape index (κ3) is 2.50. The first-order chi connectivity index (χ1) is 11.8. The maximum absolute atomic E-state index is 6.22. The zero-order valence-electron chi connectivity index (χ0n) is 13.9. The van der Waals surface area contributed by atoms with Crippen LogP contribution in [-0.4, -0.2) is 6.54 Å². The van der Waals surface area contributed by atoms with E-state index < -0.39 is 0 Å². The molecule has 2 aromatic rings. The number of hydrogen-bond acceptors (Lipinski definition) is 2. The first kappa shape index (κ1) is 14.7. The van der Waals surface area contributed by atoms with E-state index in [0.717, 1.165) is 34.2 Å². The van der Waals surface area contributed by atoms with Gasteiger partial charge in [0.15, 0.2) is 0 Å². The van der Waals surface area contributed by atoms with Gasteiger partial charge in [0, 0.05) is 29.1 Å². The van der Waals surface area contributed by atoms with Crippen molar-refractivity contribution in [1.29, 1.82) is 0 Å². The molecule has 0 aromatic heterocycles. The topological polar surface area (TPSA) is 25.5 Å². The maximum Gasteiger partial charge on any atom is 0.137 e. The van der Waals surface area contributed by atoms with Crippen molar-refractivity contribution in [2.45, 2.75) is 13.8 Å². The average molecular weight is 313 g/mol. The molecule has 1 heterocycles. The molecule has 2 heteroatoms. The van der Waals surface area contributed by atoms with Gasteiger partial charge in [0.1, 0.15) is 11.3 Å². The maximum atomic E-state index is 6.22. The quantitative estimate of drug-likeness (QED) is 0.453. The van der Waals surface area contributed by atoms with E-state index in [1.54, 1.807) is 0 Å². The highest BCUT2D eigenvalue weighted by molar-refractivity contribution is 6.01. The van der Waals surface area contributed by atoms with Crippen molar-refractivity contribution >= 4 is 11.0 Å². The number of hydrogen-bond donors (Lipinski definition) is 0. The van der Waals surface area contributed by atoms with Crippen LogP contribution >= 0.6 is 0 Å². The lowest BCUT2D eigenvalue weighted by Gasteiger charge is -2.15. The number of aryl methyl sites for hydroxylation is 1. The zero-order valence-corrected chi connectivity index (χ0v) is 13.9. The van der Waals surface area contributed by atoms with Gasteiger partial charge in [-0.1, -0.05) is 42.5 Å². The lowest BCUT2D eigenvalue weighted by Crippen LogP contribution is -2.03. The fourth-order valence-corrected chi connectivity index (χ4v) is 3.18. The van der Waals surface area contributed by atoms with Crippen LogP contribution in [0.25, 0.3) is 33.4 Å². The summed E-state index contributed by atoms with van der Waals surface area (Å²) in [5.74, 6) is 0.877. The molecule has 2 aliphatic rings. The van der Waals surface area contributed by atoms with Gasteiger partial charge in [-0.05, 0) is 43.2 Å². The number of fused-ring (bicyclic) bond motifs is 2. The molecule has 1 aliphatic carbocycles. The van der Waals surface area contributed by atoms with Crippen molar-refractivity contribution in [3.8, 4) is 22.5 Å². The van der Waals surface area contributed by atoms with Crippen molar-refractivity contribution in [2.75, 3.05) is 6.54 Å². The van der Waals surface area contributed by atoms with Gasteiger partial charge < -0.3 is 4.42 Å². The van der Waals surface area contributed by atoms with Crippen LogP contribution in [0.1, 0.15) is 12.5 Å². The fraction of sp³-hybridized carbons (Fsp3) is 0.136. The van der Waals surface area contributed by atoms with Crippen LogP contribution < -0.4 is 5.36 Å². The van der Waals surface area contributed by atoms with Crippen LogP contribution in [0.2, 0.25) is 0 Å². The van der Waals surface area contributed by atoms with Crippen LogP contribution in [0, 0.1) is 6.92 Å². The Balaban J connectivity index is 2.15. The summed E-state index contributed by atoms with van der Waals surface area (Å²) in [6.07, 6.45) is 0. The van der Waals surface area contributed by atoms with E-state index in [1.165, 1.54) is 16.7 Å². The van der Waals surface area contributed by atoms with Crippen LogP contribution in [0.4, 0.5) is 0 Å². The Morgan fingerprint density at radius 2 is 1.75 bits per heavy atom. The summed E-state index contributed by atoms with van der Waals surface area (Å²) < 4.78 is 6.22. The van der Waals surface area contributed by atoms with Crippen LogP contribution in [-0.2, 0) is 0 Å². The van der Waals surface area contributed by atoms with E-state index in [2.05, 4.69) is 66.5 Å². The van der Waals surface area contributed by atoms with Gasteiger partial charge in [-0.2, -0.15) is 0 Å². The Hall–Kier alpha value is -2.87. The van der Waals surface area contributed by atoms with Gasteiger partial charge in [-0.3, -0.25) is 4.99 Å². The second-order valence-corrected chi connectivity index (χ2v) is 6.00. The van der Waals surface area contributed by atoms with Crippen molar-refractivity contribution in [3.05, 3.63) is 77.7 Å². The number of rotatable bonds is 2. The molecule has 118 valence electrons. The fourth-order valence-electron chi connectivity index (χ4n) is 3.18. The summed E-state index contributed by atoms with van der Waals surface area (Å²) >= 11 is 0. The minimum Gasteiger partial charge on any atom is -0.456 e. The van der Waals surface area contributed by atoms with E-state index in [-0.39, 0.29) is 0 Å². The number of nitrogens with zero attached hydrogens (tertiary/aromatic N) is 1. The van der Waals surface area contributed by atoms with E-state index in [9.17, 15) is 0 Å². The zero-order chi connectivity index (χ0) is 16.5. The lowest BCUT2D eigenvalue weighted by molar-refractivity contribution is 0.618.